The molecule has 7 nitrogen and oxygen atoms in total. The molecule has 0 aliphatic rings. The summed E-state index contributed by atoms with van der Waals surface area (Å²) >= 11 is 0. The summed E-state index contributed by atoms with van der Waals surface area (Å²) in [5, 5.41) is 4.60. The first-order valence-electron chi connectivity index (χ1n) is 7.41. The van der Waals surface area contributed by atoms with Gasteiger partial charge in [0.15, 0.2) is 0 Å². The smallest absolute Gasteiger partial charge is 0.420 e. The molecular weight excluding hydrogens is 353 g/mol. The van der Waals surface area contributed by atoms with Gasteiger partial charge in [0, 0.05) is 30.6 Å². The Morgan fingerprint density at radius 1 is 1.27 bits per heavy atom. The van der Waals surface area contributed by atoms with Gasteiger partial charge >= 0.3 is 6.18 Å². The van der Waals surface area contributed by atoms with Crippen LogP contribution in [0.5, 0.6) is 0 Å². The van der Waals surface area contributed by atoms with Gasteiger partial charge in [0.05, 0.1) is 24.6 Å². The molecule has 0 saturated carbocycles. The van der Waals surface area contributed by atoms with Gasteiger partial charge < -0.3 is 19.5 Å². The van der Waals surface area contributed by atoms with Crippen LogP contribution >= 0.6 is 0 Å². The van der Waals surface area contributed by atoms with Crippen molar-refractivity contribution in [1.82, 2.24) is 20.0 Å². The molecule has 136 valence electrons. The Morgan fingerprint density at radius 2 is 2.04 bits per heavy atom. The van der Waals surface area contributed by atoms with E-state index in [4.69, 9.17) is 4.42 Å². The summed E-state index contributed by atoms with van der Waals surface area (Å²) in [4.78, 5) is 27.0. The number of aromatic nitrogens is 2. The lowest BCUT2D eigenvalue weighted by Gasteiger charge is -2.10. The van der Waals surface area contributed by atoms with Gasteiger partial charge in [-0.15, -0.1) is 0 Å². The average molecular weight is 366 g/mol. The summed E-state index contributed by atoms with van der Waals surface area (Å²) in [5.74, 6) is -1.20. The van der Waals surface area contributed by atoms with Crippen molar-refractivity contribution in [2.24, 2.45) is 0 Å². The number of furan rings is 1. The summed E-state index contributed by atoms with van der Waals surface area (Å²) in [6.45, 7) is -0.310. The number of pyridine rings is 1. The number of hydrogen-bond donors (Lipinski definition) is 2. The number of halogens is 3. The van der Waals surface area contributed by atoms with E-state index in [1.165, 1.54) is 38.0 Å². The molecule has 0 aliphatic carbocycles. The van der Waals surface area contributed by atoms with Crippen molar-refractivity contribution in [3.05, 3.63) is 48.3 Å². The lowest BCUT2D eigenvalue weighted by atomic mass is 10.1. The van der Waals surface area contributed by atoms with E-state index in [1.54, 1.807) is 0 Å². The summed E-state index contributed by atoms with van der Waals surface area (Å²) in [6.07, 6.45) is 0.584. The topological polar surface area (TPSA) is 88.6 Å². The Balaban J connectivity index is 2.04. The number of rotatable bonds is 4. The molecule has 0 saturated heterocycles. The second-order valence-corrected chi connectivity index (χ2v) is 5.37. The zero-order valence-corrected chi connectivity index (χ0v) is 13.4. The molecular formula is C16H13F3N4O3. The highest BCUT2D eigenvalue weighted by atomic mass is 19.4. The number of nitrogens with zero attached hydrogens (tertiary/aromatic N) is 2. The number of fused-ring (bicyclic) bond motifs is 1. The summed E-state index contributed by atoms with van der Waals surface area (Å²) in [5.41, 5.74) is -0.912. The van der Waals surface area contributed by atoms with Crippen molar-refractivity contribution < 1.29 is 27.2 Å². The first-order valence-corrected chi connectivity index (χ1v) is 7.41. The zero-order chi connectivity index (χ0) is 18.9. The molecule has 0 radical (unpaired) electrons. The van der Waals surface area contributed by atoms with E-state index < -0.39 is 29.2 Å². The number of carbonyl (C=O) groups is 2. The maximum atomic E-state index is 13.4. The van der Waals surface area contributed by atoms with Crippen LogP contribution in [-0.4, -0.2) is 34.8 Å². The first-order chi connectivity index (χ1) is 12.3. The normalized spacial score (nSPS) is 11.5. The van der Waals surface area contributed by atoms with Gasteiger partial charge in [-0.3, -0.25) is 9.59 Å². The molecule has 3 heterocycles. The van der Waals surface area contributed by atoms with E-state index >= 15 is 0 Å². The van der Waals surface area contributed by atoms with E-state index in [0.29, 0.717) is 5.56 Å². The molecule has 0 atom stereocenters. The number of amides is 2. The van der Waals surface area contributed by atoms with E-state index in [0.717, 1.165) is 10.5 Å². The van der Waals surface area contributed by atoms with Crippen LogP contribution in [0.4, 0.5) is 13.2 Å². The van der Waals surface area contributed by atoms with E-state index in [1.807, 2.05) is 0 Å². The quantitative estimate of drug-likeness (QED) is 0.740. The van der Waals surface area contributed by atoms with Gasteiger partial charge in [-0.1, -0.05) is 0 Å². The van der Waals surface area contributed by atoms with Crippen molar-refractivity contribution in [2.45, 2.75) is 6.18 Å². The Bertz CT molecular complexity index is 961. The molecule has 3 aromatic heterocycles. The fraction of sp³-hybridized carbons (Fsp3) is 0.188. The van der Waals surface area contributed by atoms with Gasteiger partial charge in [-0.2, -0.15) is 13.2 Å². The third-order valence-electron chi connectivity index (χ3n) is 3.63. The molecule has 10 heteroatoms. The highest BCUT2D eigenvalue weighted by molar-refractivity contribution is 5.95. The monoisotopic (exact) mass is 366 g/mol. The van der Waals surface area contributed by atoms with E-state index in [-0.39, 0.29) is 17.8 Å². The van der Waals surface area contributed by atoms with Gasteiger partial charge in [0.2, 0.25) is 5.91 Å². The number of alkyl halides is 3. The number of hydrogen-bond acceptors (Lipinski definition) is 4. The number of carbonyl (C=O) groups excluding carboxylic acids is 2. The summed E-state index contributed by atoms with van der Waals surface area (Å²) in [7, 11) is 1.40. The SMILES string of the molecule is CNC(=O)CNC(=O)c1cn2cc(-c3ccoc3)cc(C(F)(F)F)c2n1. The minimum atomic E-state index is -4.66. The third-order valence-corrected chi connectivity index (χ3v) is 3.63. The fourth-order valence-corrected chi connectivity index (χ4v) is 2.34. The average Bonchev–Trinajstić information content (AvgIpc) is 3.26. The van der Waals surface area contributed by atoms with Gasteiger partial charge in [-0.25, -0.2) is 4.98 Å². The van der Waals surface area contributed by atoms with Crippen LogP contribution in [0.2, 0.25) is 0 Å². The maximum Gasteiger partial charge on any atom is 0.420 e. The number of imidazole rings is 1. The zero-order valence-electron chi connectivity index (χ0n) is 13.4. The van der Waals surface area contributed by atoms with Crippen LogP contribution in [0.15, 0.2) is 41.5 Å². The van der Waals surface area contributed by atoms with Crippen molar-refractivity contribution in [1.29, 1.82) is 0 Å². The summed E-state index contributed by atoms with van der Waals surface area (Å²) < 4.78 is 46.3. The van der Waals surface area contributed by atoms with Crippen molar-refractivity contribution in [3.8, 4) is 11.1 Å². The van der Waals surface area contributed by atoms with Crippen LogP contribution in [-0.2, 0) is 11.0 Å². The predicted octanol–water partition coefficient (Wildman–Crippen LogP) is 2.09. The van der Waals surface area contributed by atoms with E-state index in [9.17, 15) is 22.8 Å². The molecule has 3 rings (SSSR count). The Labute approximate surface area is 144 Å². The Morgan fingerprint density at radius 3 is 2.65 bits per heavy atom. The van der Waals surface area contributed by atoms with Gasteiger partial charge in [-0.05, 0) is 12.1 Å². The molecule has 0 aliphatic heterocycles. The van der Waals surface area contributed by atoms with E-state index in [2.05, 4.69) is 15.6 Å². The second kappa shape index (κ2) is 6.54. The van der Waals surface area contributed by atoms with Gasteiger partial charge in [0.25, 0.3) is 5.91 Å². The van der Waals surface area contributed by atoms with Crippen LogP contribution in [0, 0.1) is 0 Å². The highest BCUT2D eigenvalue weighted by Gasteiger charge is 2.35. The molecule has 2 N–H and O–H groups in total. The van der Waals surface area contributed by atoms with Crippen LogP contribution in [0.3, 0.4) is 0 Å². The molecule has 0 unspecified atom stereocenters. The van der Waals surface area contributed by atoms with Gasteiger partial charge in [0.1, 0.15) is 11.3 Å². The summed E-state index contributed by atoms with van der Waals surface area (Å²) in [6, 6.07) is 2.47. The molecule has 26 heavy (non-hydrogen) atoms. The minimum absolute atomic E-state index is 0.233. The maximum absolute atomic E-state index is 13.4. The second-order valence-electron chi connectivity index (χ2n) is 5.37. The molecule has 0 spiro atoms. The number of nitrogens with one attached hydrogen (secondary N) is 2. The van der Waals surface area contributed by atoms with Crippen molar-refractivity contribution in [2.75, 3.05) is 13.6 Å². The lowest BCUT2D eigenvalue weighted by Crippen LogP contribution is -2.35. The largest absolute Gasteiger partial charge is 0.472 e. The van der Waals surface area contributed by atoms with Crippen molar-refractivity contribution in [3.63, 3.8) is 0 Å². The standard InChI is InChI=1S/C16H13F3N4O3/c1-20-13(24)5-21-15(25)12-7-23-6-10(9-2-3-26-8-9)4-11(14(23)22-12)16(17,18)19/h2-4,6-8H,5H2,1H3,(H,20,24)(H,21,25). The van der Waals surface area contributed by atoms with Crippen LogP contribution < -0.4 is 10.6 Å². The molecule has 2 amide bonds. The number of likely N-dealkylation sites (N-methyl/N-ethyl adjacent to an activating group) is 1. The van der Waals surface area contributed by atoms with Crippen LogP contribution in [0.1, 0.15) is 16.1 Å². The molecule has 0 bridgehead atoms. The fourth-order valence-electron chi connectivity index (χ4n) is 2.34. The Hall–Kier alpha value is -3.30. The van der Waals surface area contributed by atoms with Crippen LogP contribution in [0.25, 0.3) is 16.8 Å². The lowest BCUT2D eigenvalue weighted by molar-refractivity contribution is -0.136. The minimum Gasteiger partial charge on any atom is -0.472 e. The highest BCUT2D eigenvalue weighted by Crippen LogP contribution is 2.35. The molecule has 3 aromatic rings. The molecule has 0 aromatic carbocycles. The predicted molar refractivity (Wildman–Crippen MR) is 84.3 cm³/mol. The molecule has 0 fully saturated rings. The Kier molecular flexibility index (Phi) is 4.41. The third kappa shape index (κ3) is 3.39. The first kappa shape index (κ1) is 17.5. The van der Waals surface area contributed by atoms with Crippen molar-refractivity contribution >= 4 is 17.5 Å².